The molecule has 0 aliphatic carbocycles. The summed E-state index contributed by atoms with van der Waals surface area (Å²) >= 11 is 0. The van der Waals surface area contributed by atoms with E-state index in [1.165, 1.54) is 17.7 Å². The Morgan fingerprint density at radius 1 is 1.06 bits per heavy atom. The van der Waals surface area contributed by atoms with E-state index in [4.69, 9.17) is 4.52 Å². The van der Waals surface area contributed by atoms with Gasteiger partial charge in [-0.2, -0.15) is 4.98 Å². The molecule has 31 heavy (non-hydrogen) atoms. The summed E-state index contributed by atoms with van der Waals surface area (Å²) in [6.07, 6.45) is 0.419. The number of hydrogen-bond acceptors (Lipinski definition) is 7. The van der Waals surface area contributed by atoms with Gasteiger partial charge in [-0.15, -0.1) is 0 Å². The van der Waals surface area contributed by atoms with Crippen LogP contribution >= 0.6 is 0 Å². The number of piperazine rings is 1. The number of rotatable bonds is 6. The van der Waals surface area contributed by atoms with Crippen LogP contribution in [0.3, 0.4) is 0 Å². The number of nitro benzene ring substituents is 1. The van der Waals surface area contributed by atoms with E-state index in [2.05, 4.69) is 15.0 Å². The smallest absolute Gasteiger partial charge is 0.269 e. The highest BCUT2D eigenvalue weighted by Crippen LogP contribution is 2.20. The first kappa shape index (κ1) is 20.7. The number of aromatic nitrogens is 2. The van der Waals surface area contributed by atoms with Gasteiger partial charge in [0.15, 0.2) is 0 Å². The van der Waals surface area contributed by atoms with Crippen LogP contribution in [0.5, 0.6) is 0 Å². The van der Waals surface area contributed by atoms with Crippen LogP contribution in [0.4, 0.5) is 5.69 Å². The molecule has 0 atom stereocenters. The van der Waals surface area contributed by atoms with Crippen molar-refractivity contribution >= 4 is 11.6 Å². The van der Waals surface area contributed by atoms with Crippen LogP contribution in [0.1, 0.15) is 17.0 Å². The van der Waals surface area contributed by atoms with E-state index >= 15 is 0 Å². The Bertz CT molecular complexity index is 1050. The summed E-state index contributed by atoms with van der Waals surface area (Å²) in [6, 6.07) is 14.1. The predicted molar refractivity (Wildman–Crippen MR) is 113 cm³/mol. The Labute approximate surface area is 179 Å². The third-order valence-corrected chi connectivity index (χ3v) is 5.36. The molecular weight excluding hydrogens is 398 g/mol. The van der Waals surface area contributed by atoms with Gasteiger partial charge in [0.25, 0.3) is 5.69 Å². The Morgan fingerprint density at radius 2 is 1.74 bits per heavy atom. The van der Waals surface area contributed by atoms with Crippen LogP contribution in [-0.4, -0.2) is 56.9 Å². The Hall–Kier alpha value is -3.59. The number of carbonyl (C=O) groups is 1. The van der Waals surface area contributed by atoms with Gasteiger partial charge in [-0.3, -0.25) is 19.8 Å². The van der Waals surface area contributed by atoms with Crippen molar-refractivity contribution in [3.63, 3.8) is 0 Å². The zero-order chi connectivity index (χ0) is 21.8. The maximum absolute atomic E-state index is 12.6. The maximum atomic E-state index is 12.6. The quantitative estimate of drug-likeness (QED) is 0.445. The monoisotopic (exact) mass is 421 g/mol. The molecule has 0 saturated carbocycles. The Balaban J connectivity index is 1.28. The fourth-order valence-corrected chi connectivity index (χ4v) is 3.51. The van der Waals surface area contributed by atoms with Gasteiger partial charge in [-0.1, -0.05) is 35.0 Å². The summed E-state index contributed by atoms with van der Waals surface area (Å²) in [5.41, 5.74) is 2.89. The lowest BCUT2D eigenvalue weighted by Crippen LogP contribution is -2.48. The van der Waals surface area contributed by atoms with Gasteiger partial charge >= 0.3 is 0 Å². The van der Waals surface area contributed by atoms with Crippen LogP contribution in [-0.2, 0) is 17.8 Å². The summed E-state index contributed by atoms with van der Waals surface area (Å²) in [4.78, 5) is 31.4. The third-order valence-electron chi connectivity index (χ3n) is 5.36. The molecule has 1 aliphatic rings. The molecule has 0 unspecified atom stereocenters. The number of nitrogens with zero attached hydrogens (tertiary/aromatic N) is 5. The van der Waals surface area contributed by atoms with Gasteiger partial charge in [0.1, 0.15) is 0 Å². The number of aryl methyl sites for hydroxylation is 1. The zero-order valence-electron chi connectivity index (χ0n) is 17.2. The minimum absolute atomic E-state index is 0.0160. The van der Waals surface area contributed by atoms with Crippen LogP contribution in [0.15, 0.2) is 53.1 Å². The number of hydrogen-bond donors (Lipinski definition) is 0. The standard InChI is InChI=1S/C22H23N5O4/c1-16-2-4-17(5-3-16)14-21(28)26-12-10-25(11-13-26)15-20-23-22(24-31-20)18-6-8-19(9-7-18)27(29)30/h2-9H,10-15H2,1H3. The zero-order valence-corrected chi connectivity index (χ0v) is 17.2. The molecule has 0 spiro atoms. The second-order valence-corrected chi connectivity index (χ2v) is 7.64. The van der Waals surface area contributed by atoms with Crippen molar-refractivity contribution in [2.45, 2.75) is 19.9 Å². The normalized spacial score (nSPS) is 14.5. The summed E-state index contributed by atoms with van der Waals surface area (Å²) < 4.78 is 5.35. The minimum atomic E-state index is -0.448. The van der Waals surface area contributed by atoms with Gasteiger partial charge in [0.2, 0.25) is 17.6 Å². The summed E-state index contributed by atoms with van der Waals surface area (Å²) in [6.45, 7) is 5.31. The lowest BCUT2D eigenvalue weighted by atomic mass is 10.1. The van der Waals surface area contributed by atoms with Crippen molar-refractivity contribution in [1.29, 1.82) is 0 Å². The molecule has 9 heteroatoms. The third kappa shape index (κ3) is 5.13. The second-order valence-electron chi connectivity index (χ2n) is 7.64. The van der Waals surface area contributed by atoms with E-state index < -0.39 is 4.92 Å². The molecule has 0 bridgehead atoms. The maximum Gasteiger partial charge on any atom is 0.269 e. The van der Waals surface area contributed by atoms with Crippen molar-refractivity contribution < 1.29 is 14.2 Å². The van der Waals surface area contributed by atoms with Crippen molar-refractivity contribution in [3.8, 4) is 11.4 Å². The molecule has 160 valence electrons. The number of non-ortho nitro benzene ring substituents is 1. The first-order valence-corrected chi connectivity index (χ1v) is 10.1. The molecule has 1 saturated heterocycles. The second kappa shape index (κ2) is 9.05. The molecule has 1 aliphatic heterocycles. The Morgan fingerprint density at radius 3 is 2.39 bits per heavy atom. The fraction of sp³-hybridized carbons (Fsp3) is 0.318. The van der Waals surface area contributed by atoms with E-state index in [-0.39, 0.29) is 11.6 Å². The van der Waals surface area contributed by atoms with E-state index in [9.17, 15) is 14.9 Å². The molecule has 2 aromatic carbocycles. The van der Waals surface area contributed by atoms with Gasteiger partial charge < -0.3 is 9.42 Å². The van der Waals surface area contributed by atoms with Crippen molar-refractivity contribution in [1.82, 2.24) is 19.9 Å². The van der Waals surface area contributed by atoms with Gasteiger partial charge in [0, 0.05) is 43.9 Å². The molecule has 1 amide bonds. The van der Waals surface area contributed by atoms with Crippen molar-refractivity contribution in [3.05, 3.63) is 75.7 Å². The minimum Gasteiger partial charge on any atom is -0.340 e. The SMILES string of the molecule is Cc1ccc(CC(=O)N2CCN(Cc3nc(-c4ccc([N+](=O)[O-])cc4)no3)CC2)cc1. The average molecular weight is 421 g/mol. The van der Waals surface area contributed by atoms with E-state index in [1.807, 2.05) is 36.1 Å². The highest BCUT2D eigenvalue weighted by Gasteiger charge is 2.23. The lowest BCUT2D eigenvalue weighted by molar-refractivity contribution is -0.384. The largest absolute Gasteiger partial charge is 0.340 e. The topological polar surface area (TPSA) is 106 Å². The Kier molecular flexibility index (Phi) is 6.03. The summed E-state index contributed by atoms with van der Waals surface area (Å²) in [5.74, 6) is 1.02. The van der Waals surface area contributed by atoms with Gasteiger partial charge in [-0.05, 0) is 24.6 Å². The first-order chi connectivity index (χ1) is 15.0. The first-order valence-electron chi connectivity index (χ1n) is 10.1. The van der Waals surface area contributed by atoms with Crippen molar-refractivity contribution in [2.24, 2.45) is 0 Å². The van der Waals surface area contributed by atoms with E-state index in [1.54, 1.807) is 12.1 Å². The highest BCUT2D eigenvalue weighted by atomic mass is 16.6. The number of nitro groups is 1. The molecular formula is C22H23N5O4. The highest BCUT2D eigenvalue weighted by molar-refractivity contribution is 5.78. The van der Waals surface area contributed by atoms with Crippen molar-refractivity contribution in [2.75, 3.05) is 26.2 Å². The van der Waals surface area contributed by atoms with Crippen LogP contribution in [0, 0.1) is 17.0 Å². The molecule has 1 fully saturated rings. The predicted octanol–water partition coefficient (Wildman–Crippen LogP) is 2.84. The van der Waals surface area contributed by atoms with Crippen LogP contribution in [0.2, 0.25) is 0 Å². The molecule has 1 aromatic heterocycles. The van der Waals surface area contributed by atoms with E-state index in [0.717, 1.165) is 18.7 Å². The summed E-state index contributed by atoms with van der Waals surface area (Å²) in [7, 11) is 0. The van der Waals surface area contributed by atoms with Gasteiger partial charge in [-0.25, -0.2) is 0 Å². The number of carbonyl (C=O) groups excluding carboxylic acids is 1. The van der Waals surface area contributed by atoms with Crippen LogP contribution < -0.4 is 0 Å². The number of amides is 1. The average Bonchev–Trinajstić information content (AvgIpc) is 3.24. The molecule has 0 N–H and O–H groups in total. The number of benzene rings is 2. The van der Waals surface area contributed by atoms with Crippen LogP contribution in [0.25, 0.3) is 11.4 Å². The van der Waals surface area contributed by atoms with Gasteiger partial charge in [0.05, 0.1) is 17.9 Å². The molecule has 9 nitrogen and oxygen atoms in total. The molecule has 2 heterocycles. The fourth-order valence-electron chi connectivity index (χ4n) is 3.51. The molecule has 3 aromatic rings. The summed E-state index contributed by atoms with van der Waals surface area (Å²) in [5, 5.41) is 14.7. The molecule has 4 rings (SSSR count). The van der Waals surface area contributed by atoms with E-state index in [0.29, 0.717) is 43.3 Å². The lowest BCUT2D eigenvalue weighted by Gasteiger charge is -2.34. The molecule has 0 radical (unpaired) electrons.